The lowest BCUT2D eigenvalue weighted by Crippen LogP contribution is -2.27. The number of benzene rings is 3. The zero-order valence-corrected chi connectivity index (χ0v) is 26.1. The van der Waals surface area contributed by atoms with Gasteiger partial charge in [0.1, 0.15) is 0 Å². The van der Waals surface area contributed by atoms with Crippen molar-refractivity contribution < 1.29 is 4.79 Å². The fraction of sp³-hybridized carbons (Fsp3) is 0.267. The van der Waals surface area contributed by atoms with E-state index in [0.717, 1.165) is 41.4 Å². The average molecular weight is 668 g/mol. The first-order valence-electron chi connectivity index (χ1n) is 13.2. The maximum atomic E-state index is 12.9. The molecule has 4 rings (SSSR count). The molecule has 0 fully saturated rings. The monoisotopic (exact) mass is 667 g/mol. The summed E-state index contributed by atoms with van der Waals surface area (Å²) in [5, 5.41) is 16.8. The zero-order chi connectivity index (χ0) is 28.5. The Morgan fingerprint density at radius 3 is 2.48 bits per heavy atom. The largest absolute Gasteiger partial charge is 0.378 e. The van der Waals surface area contributed by atoms with Crippen LogP contribution in [0.25, 0.3) is 5.69 Å². The van der Waals surface area contributed by atoms with E-state index in [4.69, 9.17) is 0 Å². The third-order valence-electron chi connectivity index (χ3n) is 6.40. The van der Waals surface area contributed by atoms with Crippen LogP contribution in [0.1, 0.15) is 37.7 Å². The van der Waals surface area contributed by atoms with Crippen molar-refractivity contribution in [3.05, 3.63) is 93.3 Å². The van der Waals surface area contributed by atoms with E-state index >= 15 is 0 Å². The van der Waals surface area contributed by atoms with Gasteiger partial charge in [-0.2, -0.15) is 5.10 Å². The Labute approximate surface area is 253 Å². The molecule has 0 bridgehead atoms. The number of rotatable bonds is 12. The predicted molar refractivity (Wildman–Crippen MR) is 174 cm³/mol. The van der Waals surface area contributed by atoms with Crippen molar-refractivity contribution >= 4 is 57.8 Å². The van der Waals surface area contributed by atoms with Crippen LogP contribution in [-0.2, 0) is 11.3 Å². The van der Waals surface area contributed by atoms with Crippen LogP contribution in [0.3, 0.4) is 0 Å². The van der Waals surface area contributed by atoms with Gasteiger partial charge in [0.2, 0.25) is 0 Å². The Morgan fingerprint density at radius 1 is 1.07 bits per heavy atom. The van der Waals surface area contributed by atoms with E-state index in [9.17, 15) is 4.79 Å². The molecule has 0 saturated carbocycles. The van der Waals surface area contributed by atoms with Gasteiger partial charge in [0.15, 0.2) is 11.0 Å². The van der Waals surface area contributed by atoms with E-state index in [0.29, 0.717) is 11.7 Å². The molecule has 0 radical (unpaired) electrons. The average Bonchev–Trinajstić information content (AvgIpc) is 3.36. The van der Waals surface area contributed by atoms with Gasteiger partial charge in [0.05, 0.1) is 18.0 Å². The van der Waals surface area contributed by atoms with Crippen molar-refractivity contribution in [3.63, 3.8) is 0 Å². The number of anilines is 2. The topological polar surface area (TPSA) is 87.4 Å². The fourth-order valence-electron chi connectivity index (χ4n) is 4.16. The molecule has 10 heteroatoms. The van der Waals surface area contributed by atoms with E-state index in [1.165, 1.54) is 21.0 Å². The van der Waals surface area contributed by atoms with Crippen LogP contribution in [0.4, 0.5) is 11.4 Å². The van der Waals surface area contributed by atoms with Crippen LogP contribution >= 0.6 is 34.4 Å². The number of nitrogens with one attached hydrogen (secondary N) is 2. The third-order valence-corrected chi connectivity index (χ3v) is 8.12. The molecule has 208 valence electrons. The molecule has 1 aromatic heterocycles. The SMILES string of the molecule is CCN(CC)c1ccc(/C=N\NC(=O)[C@@H](C)Sc2nnc(CNc3ccc(I)cc3C)n2-c2ccccc2)cc1. The van der Waals surface area contributed by atoms with Crippen molar-refractivity contribution in [1.29, 1.82) is 0 Å². The molecular formula is C30H34IN7OS. The molecule has 0 aliphatic heterocycles. The molecule has 0 spiro atoms. The standard InChI is InChI=1S/C30H34IN7OS/c1-5-37(6-2)25-15-12-23(13-16-25)19-33-35-29(39)22(4)40-30-36-34-28(38(30)26-10-8-7-9-11-26)20-32-27-17-14-24(31)18-21(27)3/h7-19,22,32H,5-6,20H2,1-4H3,(H,35,39)/b33-19-/t22-/m1/s1. The highest BCUT2D eigenvalue weighted by molar-refractivity contribution is 14.1. The van der Waals surface area contributed by atoms with Crippen molar-refractivity contribution in [2.75, 3.05) is 23.3 Å². The van der Waals surface area contributed by atoms with Crippen LogP contribution in [-0.4, -0.2) is 45.2 Å². The van der Waals surface area contributed by atoms with Crippen LogP contribution in [0.15, 0.2) is 83.1 Å². The van der Waals surface area contributed by atoms with Crippen molar-refractivity contribution in [2.24, 2.45) is 5.10 Å². The van der Waals surface area contributed by atoms with Gasteiger partial charge in [0.25, 0.3) is 5.91 Å². The summed E-state index contributed by atoms with van der Waals surface area (Å²) in [6, 6.07) is 24.3. The summed E-state index contributed by atoms with van der Waals surface area (Å²) >= 11 is 3.66. The molecule has 40 heavy (non-hydrogen) atoms. The number of hydrogen-bond donors (Lipinski definition) is 2. The molecule has 3 aromatic carbocycles. The molecule has 1 amide bonds. The lowest BCUT2D eigenvalue weighted by molar-refractivity contribution is -0.120. The summed E-state index contributed by atoms with van der Waals surface area (Å²) in [7, 11) is 0. The van der Waals surface area contributed by atoms with E-state index in [1.54, 1.807) is 6.21 Å². The van der Waals surface area contributed by atoms with E-state index in [1.807, 2.05) is 54.0 Å². The lowest BCUT2D eigenvalue weighted by atomic mass is 10.2. The molecule has 1 atom stereocenters. The Balaban J connectivity index is 1.43. The number of amides is 1. The van der Waals surface area contributed by atoms with Gasteiger partial charge < -0.3 is 10.2 Å². The third kappa shape index (κ3) is 7.63. The summed E-state index contributed by atoms with van der Waals surface area (Å²) in [6.45, 7) is 10.6. The number of aromatic nitrogens is 3. The number of hydrazone groups is 1. The molecular weight excluding hydrogens is 633 g/mol. The molecule has 4 aromatic rings. The Morgan fingerprint density at radius 2 is 1.80 bits per heavy atom. The smallest absolute Gasteiger partial charge is 0.253 e. The number of para-hydroxylation sites is 1. The normalized spacial score (nSPS) is 11.9. The van der Waals surface area contributed by atoms with Crippen LogP contribution in [0.5, 0.6) is 0 Å². The van der Waals surface area contributed by atoms with Gasteiger partial charge in [-0.25, -0.2) is 5.43 Å². The van der Waals surface area contributed by atoms with Gasteiger partial charge in [-0.05, 0) is 104 Å². The number of aryl methyl sites for hydroxylation is 1. The maximum Gasteiger partial charge on any atom is 0.253 e. The second kappa shape index (κ2) is 14.3. The first-order valence-corrected chi connectivity index (χ1v) is 15.2. The van der Waals surface area contributed by atoms with Gasteiger partial charge in [0, 0.05) is 33.7 Å². The Bertz CT molecular complexity index is 1440. The highest BCUT2D eigenvalue weighted by Crippen LogP contribution is 2.27. The van der Waals surface area contributed by atoms with E-state index in [-0.39, 0.29) is 5.91 Å². The summed E-state index contributed by atoms with van der Waals surface area (Å²) in [6.07, 6.45) is 1.66. The first-order chi connectivity index (χ1) is 19.4. The maximum absolute atomic E-state index is 12.9. The zero-order valence-electron chi connectivity index (χ0n) is 23.1. The molecule has 2 N–H and O–H groups in total. The molecule has 0 aliphatic rings. The van der Waals surface area contributed by atoms with E-state index < -0.39 is 5.25 Å². The number of thioether (sulfide) groups is 1. The number of halogens is 1. The molecule has 8 nitrogen and oxygen atoms in total. The number of hydrogen-bond acceptors (Lipinski definition) is 7. The summed E-state index contributed by atoms with van der Waals surface area (Å²) in [5.74, 6) is 0.545. The van der Waals surface area contributed by atoms with Gasteiger partial charge in [-0.3, -0.25) is 9.36 Å². The second-order valence-electron chi connectivity index (χ2n) is 9.14. The Kier molecular flexibility index (Phi) is 10.6. The summed E-state index contributed by atoms with van der Waals surface area (Å²) < 4.78 is 3.18. The second-order valence-corrected chi connectivity index (χ2v) is 11.7. The summed E-state index contributed by atoms with van der Waals surface area (Å²) in [4.78, 5) is 15.1. The highest BCUT2D eigenvalue weighted by atomic mass is 127. The molecule has 1 heterocycles. The first kappa shape index (κ1) is 29.6. The minimum Gasteiger partial charge on any atom is -0.378 e. The number of carbonyl (C=O) groups excluding carboxylic acids is 1. The summed E-state index contributed by atoms with van der Waals surface area (Å²) in [5.41, 5.74) is 7.90. The minimum absolute atomic E-state index is 0.210. The van der Waals surface area contributed by atoms with Crippen LogP contribution < -0.4 is 15.6 Å². The number of carbonyl (C=O) groups is 1. The molecule has 0 saturated heterocycles. The van der Waals surface area contributed by atoms with Crippen molar-refractivity contribution in [2.45, 2.75) is 44.6 Å². The van der Waals surface area contributed by atoms with Gasteiger partial charge in [-0.15, -0.1) is 10.2 Å². The quantitative estimate of drug-likeness (QED) is 0.0802. The highest BCUT2D eigenvalue weighted by Gasteiger charge is 2.21. The van der Waals surface area contributed by atoms with Gasteiger partial charge in [-0.1, -0.05) is 42.1 Å². The lowest BCUT2D eigenvalue weighted by Gasteiger charge is -2.20. The Hall–Kier alpha value is -3.38. The van der Waals surface area contributed by atoms with Crippen LogP contribution in [0, 0.1) is 10.5 Å². The minimum atomic E-state index is -0.437. The molecule has 0 aliphatic carbocycles. The van der Waals surface area contributed by atoms with E-state index in [2.05, 4.69) is 105 Å². The van der Waals surface area contributed by atoms with Crippen LogP contribution in [0.2, 0.25) is 0 Å². The number of nitrogens with zero attached hydrogens (tertiary/aromatic N) is 5. The predicted octanol–water partition coefficient (Wildman–Crippen LogP) is 6.27. The molecule has 0 unspecified atom stereocenters. The fourth-order valence-corrected chi connectivity index (χ4v) is 5.69. The van der Waals surface area contributed by atoms with Gasteiger partial charge >= 0.3 is 0 Å². The van der Waals surface area contributed by atoms with Crippen molar-refractivity contribution in [1.82, 2.24) is 20.2 Å². The van der Waals surface area contributed by atoms with Crippen molar-refractivity contribution in [3.8, 4) is 5.69 Å².